The second kappa shape index (κ2) is 7.63. The number of benzene rings is 1. The number of carbonyl (C=O) groups is 1. The van der Waals surface area contributed by atoms with Crippen LogP contribution in [0.3, 0.4) is 0 Å². The van der Waals surface area contributed by atoms with E-state index in [1.54, 1.807) is 18.5 Å². The lowest BCUT2D eigenvalue weighted by Crippen LogP contribution is -2.16. The Morgan fingerprint density at radius 3 is 2.57 bits per heavy atom. The predicted octanol–water partition coefficient (Wildman–Crippen LogP) is 3.94. The molecule has 0 saturated heterocycles. The molecule has 2 aromatic rings. The summed E-state index contributed by atoms with van der Waals surface area (Å²) in [5.41, 5.74) is 1.96. The molecule has 0 radical (unpaired) electrons. The molecule has 0 aliphatic carbocycles. The lowest BCUT2D eigenvalue weighted by atomic mass is 10.2. The van der Waals surface area contributed by atoms with Crippen molar-refractivity contribution in [3.05, 3.63) is 48.3 Å². The van der Waals surface area contributed by atoms with Crippen molar-refractivity contribution < 1.29 is 9.53 Å². The molecule has 0 spiro atoms. The molecule has 2 N–H and O–H groups in total. The van der Waals surface area contributed by atoms with Gasteiger partial charge in [-0.2, -0.15) is 0 Å². The highest BCUT2D eigenvalue weighted by atomic mass is 16.5. The van der Waals surface area contributed by atoms with Crippen molar-refractivity contribution in [3.8, 4) is 5.75 Å². The number of amides is 1. The quantitative estimate of drug-likeness (QED) is 0.848. The minimum atomic E-state index is -0.218. The van der Waals surface area contributed by atoms with Gasteiger partial charge in [-0.3, -0.25) is 9.78 Å². The normalized spacial score (nSPS) is 10.7. The molecule has 0 fully saturated rings. The summed E-state index contributed by atoms with van der Waals surface area (Å²) in [6, 6.07) is 9.45. The summed E-state index contributed by atoms with van der Waals surface area (Å²) in [6.45, 7) is 7.96. The monoisotopic (exact) mass is 313 g/mol. The number of hydrogen-bond acceptors (Lipinski definition) is 4. The number of aromatic nitrogens is 1. The summed E-state index contributed by atoms with van der Waals surface area (Å²) < 4.78 is 5.72. The van der Waals surface area contributed by atoms with Crippen molar-refractivity contribution in [3.63, 3.8) is 0 Å². The molecule has 5 heteroatoms. The molecule has 2 rings (SSSR count). The van der Waals surface area contributed by atoms with Gasteiger partial charge in [0.2, 0.25) is 0 Å². The molecular formula is C18H23N3O2. The van der Waals surface area contributed by atoms with E-state index in [2.05, 4.69) is 15.6 Å². The van der Waals surface area contributed by atoms with E-state index in [-0.39, 0.29) is 18.1 Å². The van der Waals surface area contributed by atoms with Gasteiger partial charge < -0.3 is 15.4 Å². The predicted molar refractivity (Wildman–Crippen MR) is 93.2 cm³/mol. The number of pyridine rings is 1. The molecule has 122 valence electrons. The Morgan fingerprint density at radius 2 is 1.87 bits per heavy atom. The first-order valence-electron chi connectivity index (χ1n) is 7.74. The van der Waals surface area contributed by atoms with Gasteiger partial charge in [-0.25, -0.2) is 0 Å². The van der Waals surface area contributed by atoms with Gasteiger partial charge in [-0.1, -0.05) is 12.1 Å². The number of nitrogens with one attached hydrogen (secondary N) is 2. The summed E-state index contributed by atoms with van der Waals surface area (Å²) in [5.74, 6) is 0.435. The smallest absolute Gasteiger partial charge is 0.257 e. The zero-order chi connectivity index (χ0) is 16.8. The van der Waals surface area contributed by atoms with E-state index < -0.39 is 0 Å². The summed E-state index contributed by atoms with van der Waals surface area (Å²) in [6.07, 6.45) is 3.28. The van der Waals surface area contributed by atoms with E-state index in [4.69, 9.17) is 4.74 Å². The maximum absolute atomic E-state index is 12.5. The number of ether oxygens (including phenoxy) is 1. The molecule has 0 bridgehead atoms. The van der Waals surface area contributed by atoms with Crippen LogP contribution in [0.5, 0.6) is 5.75 Å². The molecule has 1 aromatic carbocycles. The number of hydrogen-bond donors (Lipinski definition) is 2. The Balaban J connectivity index is 2.16. The second-order valence-electron chi connectivity index (χ2n) is 5.88. The molecule has 1 heterocycles. The first-order chi connectivity index (χ1) is 11.0. The Labute approximate surface area is 137 Å². The van der Waals surface area contributed by atoms with Crippen LogP contribution in [0.25, 0.3) is 0 Å². The van der Waals surface area contributed by atoms with Crippen molar-refractivity contribution in [2.45, 2.75) is 39.8 Å². The number of para-hydroxylation sites is 2. The SMILES string of the molecule is CC(C)Nc1cncc(C(=O)Nc2ccccc2OC(C)C)c1. The molecule has 0 atom stereocenters. The molecule has 0 saturated carbocycles. The highest BCUT2D eigenvalue weighted by Gasteiger charge is 2.11. The minimum absolute atomic E-state index is 0.0355. The van der Waals surface area contributed by atoms with Crippen LogP contribution in [0.15, 0.2) is 42.7 Å². The first kappa shape index (κ1) is 16.8. The van der Waals surface area contributed by atoms with Crippen LogP contribution < -0.4 is 15.4 Å². The zero-order valence-corrected chi connectivity index (χ0v) is 14.0. The van der Waals surface area contributed by atoms with Gasteiger partial charge in [-0.15, -0.1) is 0 Å². The van der Waals surface area contributed by atoms with Crippen molar-refractivity contribution in [2.24, 2.45) is 0 Å². The fourth-order valence-corrected chi connectivity index (χ4v) is 2.10. The van der Waals surface area contributed by atoms with E-state index in [0.717, 1.165) is 5.69 Å². The van der Waals surface area contributed by atoms with Gasteiger partial charge in [0.15, 0.2) is 0 Å². The van der Waals surface area contributed by atoms with Gasteiger partial charge in [-0.05, 0) is 45.9 Å². The third-order valence-electron chi connectivity index (χ3n) is 2.95. The Morgan fingerprint density at radius 1 is 1.13 bits per heavy atom. The average Bonchev–Trinajstić information content (AvgIpc) is 2.48. The topological polar surface area (TPSA) is 63.2 Å². The van der Waals surface area contributed by atoms with Crippen molar-refractivity contribution in [1.82, 2.24) is 4.98 Å². The van der Waals surface area contributed by atoms with Gasteiger partial charge in [0.05, 0.1) is 23.0 Å². The molecule has 0 aliphatic heterocycles. The Bertz CT molecular complexity index is 669. The largest absolute Gasteiger partial charge is 0.489 e. The van der Waals surface area contributed by atoms with E-state index in [1.165, 1.54) is 0 Å². The van der Waals surface area contributed by atoms with Crippen LogP contribution in [-0.4, -0.2) is 23.0 Å². The van der Waals surface area contributed by atoms with Crippen LogP contribution in [0.1, 0.15) is 38.1 Å². The van der Waals surface area contributed by atoms with Crippen LogP contribution >= 0.6 is 0 Å². The van der Waals surface area contributed by atoms with Crippen LogP contribution in [-0.2, 0) is 0 Å². The van der Waals surface area contributed by atoms with Crippen molar-refractivity contribution >= 4 is 17.3 Å². The van der Waals surface area contributed by atoms with Crippen molar-refractivity contribution in [1.29, 1.82) is 0 Å². The zero-order valence-electron chi connectivity index (χ0n) is 14.0. The minimum Gasteiger partial charge on any atom is -0.489 e. The van der Waals surface area contributed by atoms with E-state index >= 15 is 0 Å². The van der Waals surface area contributed by atoms with Crippen LogP contribution in [0.4, 0.5) is 11.4 Å². The highest BCUT2D eigenvalue weighted by Crippen LogP contribution is 2.25. The maximum Gasteiger partial charge on any atom is 0.257 e. The lowest BCUT2D eigenvalue weighted by molar-refractivity contribution is 0.102. The van der Waals surface area contributed by atoms with Crippen LogP contribution in [0, 0.1) is 0 Å². The third kappa shape index (κ3) is 4.98. The Kier molecular flexibility index (Phi) is 5.57. The highest BCUT2D eigenvalue weighted by molar-refractivity contribution is 6.05. The van der Waals surface area contributed by atoms with E-state index in [9.17, 15) is 4.79 Å². The number of carbonyl (C=O) groups excluding carboxylic acids is 1. The fourth-order valence-electron chi connectivity index (χ4n) is 2.10. The summed E-state index contributed by atoms with van der Waals surface area (Å²) >= 11 is 0. The number of anilines is 2. The van der Waals surface area contributed by atoms with Crippen LogP contribution in [0.2, 0.25) is 0 Å². The molecule has 1 amide bonds. The second-order valence-corrected chi connectivity index (χ2v) is 5.88. The summed E-state index contributed by atoms with van der Waals surface area (Å²) in [5, 5.41) is 6.12. The first-order valence-corrected chi connectivity index (χ1v) is 7.74. The third-order valence-corrected chi connectivity index (χ3v) is 2.95. The summed E-state index contributed by atoms with van der Waals surface area (Å²) in [7, 11) is 0. The number of rotatable bonds is 6. The number of nitrogens with zero attached hydrogens (tertiary/aromatic N) is 1. The molecule has 1 aromatic heterocycles. The Hall–Kier alpha value is -2.56. The molecule has 0 unspecified atom stereocenters. The molecular weight excluding hydrogens is 290 g/mol. The standard InChI is InChI=1S/C18H23N3O2/c1-12(2)20-15-9-14(10-19-11-15)18(22)21-16-7-5-6-8-17(16)23-13(3)4/h5-13,20H,1-4H3,(H,21,22). The average molecular weight is 313 g/mol. The summed E-state index contributed by atoms with van der Waals surface area (Å²) in [4.78, 5) is 16.6. The van der Waals surface area contributed by atoms with Gasteiger partial charge >= 0.3 is 0 Å². The lowest BCUT2D eigenvalue weighted by Gasteiger charge is -2.15. The van der Waals surface area contributed by atoms with E-state index in [1.807, 2.05) is 52.0 Å². The van der Waals surface area contributed by atoms with Crippen molar-refractivity contribution in [2.75, 3.05) is 10.6 Å². The van der Waals surface area contributed by atoms with E-state index in [0.29, 0.717) is 17.0 Å². The molecule has 0 aliphatic rings. The fraction of sp³-hybridized carbons (Fsp3) is 0.333. The van der Waals surface area contributed by atoms with Gasteiger partial charge in [0.25, 0.3) is 5.91 Å². The maximum atomic E-state index is 12.5. The molecule has 23 heavy (non-hydrogen) atoms. The molecule has 5 nitrogen and oxygen atoms in total. The van der Waals surface area contributed by atoms with Gasteiger partial charge in [0, 0.05) is 18.4 Å². The van der Waals surface area contributed by atoms with Gasteiger partial charge in [0.1, 0.15) is 5.75 Å².